The summed E-state index contributed by atoms with van der Waals surface area (Å²) in [7, 11) is -3.18. The molecule has 1 fully saturated rings. The van der Waals surface area contributed by atoms with Crippen molar-refractivity contribution in [1.82, 2.24) is 10.0 Å². The fraction of sp³-hybridized carbons (Fsp3) is 0.750. The minimum atomic E-state index is -3.18. The van der Waals surface area contributed by atoms with Crippen LogP contribution in [0.3, 0.4) is 0 Å². The third kappa shape index (κ3) is 3.68. The van der Waals surface area contributed by atoms with Crippen LogP contribution in [0, 0.1) is 0 Å². The number of hydrogen-bond acceptors (Lipinski definition) is 3. The Kier molecular flexibility index (Phi) is 4.56. The van der Waals surface area contributed by atoms with Crippen molar-refractivity contribution in [2.24, 2.45) is 0 Å². The Balaban J connectivity index is 2.50. The molecule has 14 heavy (non-hydrogen) atoms. The molecule has 1 heterocycles. The Bertz CT molecular complexity index is 296. The van der Waals surface area contributed by atoms with Gasteiger partial charge < -0.3 is 5.32 Å². The van der Waals surface area contributed by atoms with Crippen molar-refractivity contribution in [2.75, 3.05) is 19.6 Å². The summed E-state index contributed by atoms with van der Waals surface area (Å²) in [4.78, 5) is 0. The van der Waals surface area contributed by atoms with E-state index in [0.717, 1.165) is 19.4 Å². The van der Waals surface area contributed by atoms with Gasteiger partial charge in [0.25, 0.3) is 0 Å². The Labute approximate surface area is 93.3 Å². The molecule has 4 nitrogen and oxygen atoms in total. The predicted octanol–water partition coefficient (Wildman–Crippen LogP) is 0.566. The lowest BCUT2D eigenvalue weighted by Crippen LogP contribution is -2.44. The molecule has 6 heteroatoms. The smallest absolute Gasteiger partial charge is 0.216 e. The molecule has 0 bridgehead atoms. The maximum atomic E-state index is 11.7. The molecule has 1 unspecified atom stereocenters. The van der Waals surface area contributed by atoms with Gasteiger partial charge in [-0.2, -0.15) is 0 Å². The van der Waals surface area contributed by atoms with E-state index in [1.807, 2.05) is 0 Å². The summed E-state index contributed by atoms with van der Waals surface area (Å²) in [5, 5.41) is 2.77. The van der Waals surface area contributed by atoms with Crippen LogP contribution in [0.15, 0.2) is 11.1 Å². The molecule has 0 radical (unpaired) electrons. The number of nitrogens with one attached hydrogen (secondary N) is 2. The van der Waals surface area contributed by atoms with Crippen molar-refractivity contribution in [2.45, 2.75) is 18.1 Å². The maximum Gasteiger partial charge on any atom is 0.216 e. The molecule has 0 amide bonds. The Morgan fingerprint density at radius 3 is 2.86 bits per heavy atom. The monoisotopic (exact) mass is 282 g/mol. The Morgan fingerprint density at radius 1 is 1.64 bits per heavy atom. The van der Waals surface area contributed by atoms with Gasteiger partial charge in [-0.15, -0.1) is 0 Å². The third-order valence-corrected chi connectivity index (χ3v) is 4.26. The fourth-order valence-corrected chi connectivity index (χ4v) is 3.13. The maximum absolute atomic E-state index is 11.7. The zero-order chi connectivity index (χ0) is 10.6. The highest BCUT2D eigenvalue weighted by molar-refractivity contribution is 9.11. The molecule has 1 aliphatic rings. The highest BCUT2D eigenvalue weighted by Crippen LogP contribution is 2.11. The molecule has 82 valence electrons. The second-order valence-electron chi connectivity index (χ2n) is 3.35. The third-order valence-electron chi connectivity index (χ3n) is 2.16. The molecular weight excluding hydrogens is 268 g/mol. The van der Waals surface area contributed by atoms with E-state index in [9.17, 15) is 8.42 Å². The first-order valence-corrected chi connectivity index (χ1v) is 6.89. The molecule has 1 atom stereocenters. The van der Waals surface area contributed by atoms with Gasteiger partial charge in [-0.05, 0) is 19.4 Å². The van der Waals surface area contributed by atoms with E-state index in [1.54, 1.807) is 0 Å². The van der Waals surface area contributed by atoms with E-state index in [1.165, 1.54) is 0 Å². The average Bonchev–Trinajstić information content (AvgIpc) is 2.16. The van der Waals surface area contributed by atoms with Crippen molar-refractivity contribution in [3.63, 3.8) is 0 Å². The number of rotatable bonds is 4. The first-order valence-electron chi connectivity index (χ1n) is 4.55. The van der Waals surface area contributed by atoms with Crippen LogP contribution in [0.25, 0.3) is 0 Å². The summed E-state index contributed by atoms with van der Waals surface area (Å²) in [6.07, 6.45) is 1.65. The van der Waals surface area contributed by atoms with Gasteiger partial charge in [0.15, 0.2) is 0 Å². The van der Waals surface area contributed by atoms with Gasteiger partial charge in [0, 0.05) is 17.6 Å². The van der Waals surface area contributed by atoms with Crippen molar-refractivity contribution in [3.05, 3.63) is 11.1 Å². The number of halogens is 1. The normalized spacial score (nSPS) is 23.4. The minimum Gasteiger partial charge on any atom is -0.315 e. The Morgan fingerprint density at radius 2 is 2.36 bits per heavy atom. The van der Waals surface area contributed by atoms with E-state index in [-0.39, 0.29) is 11.8 Å². The molecule has 0 saturated carbocycles. The molecule has 1 aliphatic heterocycles. The van der Waals surface area contributed by atoms with Gasteiger partial charge in [0.1, 0.15) is 0 Å². The van der Waals surface area contributed by atoms with E-state index < -0.39 is 10.0 Å². The van der Waals surface area contributed by atoms with Crippen LogP contribution >= 0.6 is 15.9 Å². The summed E-state index contributed by atoms with van der Waals surface area (Å²) < 4.78 is 26.5. The second kappa shape index (κ2) is 5.25. The molecule has 2 N–H and O–H groups in total. The molecule has 0 spiro atoms. The van der Waals surface area contributed by atoms with Gasteiger partial charge in [-0.1, -0.05) is 22.5 Å². The van der Waals surface area contributed by atoms with Crippen LogP contribution in [0.1, 0.15) is 12.8 Å². The number of sulfonamides is 1. The molecule has 0 aromatic heterocycles. The summed E-state index contributed by atoms with van der Waals surface area (Å²) >= 11 is 3.11. The SMILES string of the molecule is C=C(Br)CNS(=O)(=O)C1CCCNC1. The molecule has 0 aliphatic carbocycles. The number of hydrogen-bond donors (Lipinski definition) is 2. The zero-order valence-corrected chi connectivity index (χ0v) is 10.3. The van der Waals surface area contributed by atoms with E-state index in [4.69, 9.17) is 0 Å². The summed E-state index contributed by atoms with van der Waals surface area (Å²) in [6, 6.07) is 0. The average molecular weight is 283 g/mol. The van der Waals surface area contributed by atoms with Gasteiger partial charge in [-0.25, -0.2) is 13.1 Å². The number of piperidine rings is 1. The van der Waals surface area contributed by atoms with Crippen molar-refractivity contribution in [1.29, 1.82) is 0 Å². The molecular formula is C8H15BrN2O2S. The Hall–Kier alpha value is 0.0900. The van der Waals surface area contributed by atoms with Gasteiger partial charge in [-0.3, -0.25) is 0 Å². The highest BCUT2D eigenvalue weighted by atomic mass is 79.9. The molecule has 0 aromatic carbocycles. The van der Waals surface area contributed by atoms with Crippen LogP contribution in [0.4, 0.5) is 0 Å². The summed E-state index contributed by atoms with van der Waals surface area (Å²) in [5.41, 5.74) is 0. The van der Waals surface area contributed by atoms with Crippen LogP contribution in [-0.2, 0) is 10.0 Å². The standard InChI is InChI=1S/C8H15BrN2O2S/c1-7(9)5-11-14(12,13)8-3-2-4-10-6-8/h8,10-11H,1-6H2. The first kappa shape index (κ1) is 12.2. The van der Waals surface area contributed by atoms with Crippen molar-refractivity contribution >= 4 is 26.0 Å². The molecule has 1 saturated heterocycles. The lowest BCUT2D eigenvalue weighted by Gasteiger charge is -2.22. The fourth-order valence-electron chi connectivity index (χ4n) is 1.38. The van der Waals surface area contributed by atoms with Gasteiger partial charge in [0.05, 0.1) is 5.25 Å². The lowest BCUT2D eigenvalue weighted by molar-refractivity contribution is 0.491. The van der Waals surface area contributed by atoms with Crippen LogP contribution in [-0.4, -0.2) is 33.3 Å². The minimum absolute atomic E-state index is 0.263. The predicted molar refractivity (Wildman–Crippen MR) is 60.9 cm³/mol. The second-order valence-corrected chi connectivity index (χ2v) is 6.52. The van der Waals surface area contributed by atoms with Crippen LogP contribution in [0.2, 0.25) is 0 Å². The molecule has 0 aromatic rings. The van der Waals surface area contributed by atoms with E-state index in [0.29, 0.717) is 11.0 Å². The topological polar surface area (TPSA) is 58.2 Å². The molecule has 1 rings (SSSR count). The van der Waals surface area contributed by atoms with E-state index in [2.05, 4.69) is 32.5 Å². The van der Waals surface area contributed by atoms with Crippen molar-refractivity contribution < 1.29 is 8.42 Å². The van der Waals surface area contributed by atoms with E-state index >= 15 is 0 Å². The van der Waals surface area contributed by atoms with Gasteiger partial charge >= 0.3 is 0 Å². The quantitative estimate of drug-likeness (QED) is 0.793. The first-order chi connectivity index (χ1) is 6.52. The van der Waals surface area contributed by atoms with Crippen molar-refractivity contribution in [3.8, 4) is 0 Å². The summed E-state index contributed by atoms with van der Waals surface area (Å²) in [6.45, 7) is 5.30. The van der Waals surface area contributed by atoms with Crippen LogP contribution < -0.4 is 10.0 Å². The summed E-state index contributed by atoms with van der Waals surface area (Å²) in [5.74, 6) is 0. The zero-order valence-electron chi connectivity index (χ0n) is 7.92. The van der Waals surface area contributed by atoms with Crippen LogP contribution in [0.5, 0.6) is 0 Å². The largest absolute Gasteiger partial charge is 0.315 e. The van der Waals surface area contributed by atoms with Gasteiger partial charge in [0.2, 0.25) is 10.0 Å². The highest BCUT2D eigenvalue weighted by Gasteiger charge is 2.26. The lowest BCUT2D eigenvalue weighted by atomic mass is 10.2.